The van der Waals surface area contributed by atoms with Gasteiger partial charge in [0.2, 0.25) is 11.2 Å². The highest BCUT2D eigenvalue weighted by atomic mass is 35.5. The monoisotopic (exact) mass is 330 g/mol. The summed E-state index contributed by atoms with van der Waals surface area (Å²) < 4.78 is 11.5. The molecule has 1 aromatic heterocycles. The maximum Gasteiger partial charge on any atom is 0.235 e. The Kier molecular flexibility index (Phi) is 4.53. The smallest absolute Gasteiger partial charge is 0.235 e. The van der Waals surface area contributed by atoms with Crippen molar-refractivity contribution in [2.75, 3.05) is 12.5 Å². The molecule has 0 saturated heterocycles. The Labute approximate surface area is 137 Å². The van der Waals surface area contributed by atoms with Gasteiger partial charge in [0.1, 0.15) is 11.3 Å². The molecule has 0 saturated carbocycles. The zero-order chi connectivity index (χ0) is 16.2. The second-order valence-corrected chi connectivity index (χ2v) is 5.40. The first kappa shape index (κ1) is 15.4. The number of phenols is 1. The highest BCUT2D eigenvalue weighted by Gasteiger charge is 2.17. The lowest BCUT2D eigenvalue weighted by molar-refractivity contribution is 0.309. The third-order valence-electron chi connectivity index (χ3n) is 3.39. The molecule has 1 N–H and O–H groups in total. The number of benzene rings is 2. The number of hydrogen-bond donors (Lipinski definition) is 1. The van der Waals surface area contributed by atoms with Gasteiger partial charge in [0.25, 0.3) is 0 Å². The van der Waals surface area contributed by atoms with Gasteiger partial charge in [-0.3, -0.25) is 4.79 Å². The molecule has 0 fully saturated rings. The van der Waals surface area contributed by atoms with Crippen LogP contribution in [0, 0.1) is 0 Å². The second kappa shape index (κ2) is 6.75. The van der Waals surface area contributed by atoms with Gasteiger partial charge in [-0.25, -0.2) is 0 Å². The normalized spacial score (nSPS) is 10.8. The van der Waals surface area contributed by atoms with Gasteiger partial charge >= 0.3 is 0 Å². The molecule has 2 aromatic carbocycles. The number of ether oxygens (including phenoxy) is 1. The number of aromatic hydroxyl groups is 1. The van der Waals surface area contributed by atoms with Crippen LogP contribution in [0.1, 0.15) is 6.42 Å². The minimum absolute atomic E-state index is 0.0375. The van der Waals surface area contributed by atoms with Crippen LogP contribution >= 0.6 is 11.6 Å². The lowest BCUT2D eigenvalue weighted by Gasteiger charge is -2.11. The van der Waals surface area contributed by atoms with Gasteiger partial charge in [0.15, 0.2) is 5.76 Å². The summed E-state index contributed by atoms with van der Waals surface area (Å²) in [5.74, 6) is 1.01. The van der Waals surface area contributed by atoms with Crippen LogP contribution in [-0.4, -0.2) is 17.6 Å². The second-order valence-electron chi connectivity index (χ2n) is 5.03. The molecular formula is C18H15ClO4. The summed E-state index contributed by atoms with van der Waals surface area (Å²) in [7, 11) is 0. The molecule has 0 aliphatic carbocycles. The minimum Gasteiger partial charge on any atom is -0.508 e. The standard InChI is InChI=1S/C18H15ClO4/c19-9-4-10-22-18-16(21)14-8-7-13(20)11-15(14)23-17(18)12-5-2-1-3-6-12/h1-3,5-8,11,20H,4,9-10H2. The summed E-state index contributed by atoms with van der Waals surface area (Å²) in [5, 5.41) is 9.98. The zero-order valence-corrected chi connectivity index (χ0v) is 13.0. The van der Waals surface area contributed by atoms with Gasteiger partial charge in [0, 0.05) is 17.5 Å². The fraction of sp³-hybridized carbons (Fsp3) is 0.167. The summed E-state index contributed by atoms with van der Waals surface area (Å²) in [5.41, 5.74) is 0.786. The first-order valence-corrected chi connectivity index (χ1v) is 7.78. The van der Waals surface area contributed by atoms with Gasteiger partial charge in [-0.1, -0.05) is 30.3 Å². The van der Waals surface area contributed by atoms with Crippen LogP contribution < -0.4 is 10.2 Å². The predicted octanol–water partition coefficient (Wildman–Crippen LogP) is 4.17. The number of alkyl halides is 1. The largest absolute Gasteiger partial charge is 0.508 e. The van der Waals surface area contributed by atoms with Crippen LogP contribution in [0.25, 0.3) is 22.3 Å². The molecule has 3 rings (SSSR count). The average Bonchev–Trinajstić information content (AvgIpc) is 2.57. The van der Waals surface area contributed by atoms with Crippen molar-refractivity contribution in [3.63, 3.8) is 0 Å². The summed E-state index contributed by atoms with van der Waals surface area (Å²) in [6, 6.07) is 13.6. The van der Waals surface area contributed by atoms with Crippen molar-refractivity contribution in [1.29, 1.82) is 0 Å². The van der Waals surface area contributed by atoms with Crippen molar-refractivity contribution in [2.45, 2.75) is 6.42 Å². The number of fused-ring (bicyclic) bond motifs is 1. The Balaban J connectivity index is 2.22. The van der Waals surface area contributed by atoms with Crippen LogP contribution in [0.2, 0.25) is 0 Å². The van der Waals surface area contributed by atoms with Gasteiger partial charge in [-0.05, 0) is 18.6 Å². The van der Waals surface area contributed by atoms with Crippen LogP contribution in [0.4, 0.5) is 0 Å². The maximum atomic E-state index is 12.7. The fourth-order valence-corrected chi connectivity index (χ4v) is 2.41. The van der Waals surface area contributed by atoms with Crippen molar-refractivity contribution in [3.05, 3.63) is 58.8 Å². The van der Waals surface area contributed by atoms with E-state index in [0.717, 1.165) is 5.56 Å². The van der Waals surface area contributed by atoms with Crippen LogP contribution in [0.5, 0.6) is 11.5 Å². The number of halogens is 1. The summed E-state index contributed by atoms with van der Waals surface area (Å²) in [6.45, 7) is 0.331. The molecule has 4 nitrogen and oxygen atoms in total. The van der Waals surface area contributed by atoms with Gasteiger partial charge < -0.3 is 14.3 Å². The summed E-state index contributed by atoms with van der Waals surface area (Å²) >= 11 is 5.67. The van der Waals surface area contributed by atoms with Gasteiger partial charge in [-0.2, -0.15) is 0 Å². The van der Waals surface area contributed by atoms with E-state index in [0.29, 0.717) is 35.6 Å². The Morgan fingerprint density at radius 2 is 1.91 bits per heavy atom. The Morgan fingerprint density at radius 3 is 2.65 bits per heavy atom. The van der Waals surface area contributed by atoms with E-state index in [2.05, 4.69) is 0 Å². The Hall–Kier alpha value is -2.46. The van der Waals surface area contributed by atoms with E-state index in [1.807, 2.05) is 30.3 Å². The highest BCUT2D eigenvalue weighted by Crippen LogP contribution is 2.31. The highest BCUT2D eigenvalue weighted by molar-refractivity contribution is 6.17. The predicted molar refractivity (Wildman–Crippen MR) is 90.4 cm³/mol. The first-order valence-electron chi connectivity index (χ1n) is 7.24. The minimum atomic E-state index is -0.264. The van der Waals surface area contributed by atoms with Crippen molar-refractivity contribution >= 4 is 22.6 Å². The zero-order valence-electron chi connectivity index (χ0n) is 12.3. The van der Waals surface area contributed by atoms with Gasteiger partial charge in [-0.15, -0.1) is 11.6 Å². The molecule has 0 aliphatic rings. The number of rotatable bonds is 5. The van der Waals surface area contributed by atoms with E-state index in [-0.39, 0.29) is 16.9 Å². The lowest BCUT2D eigenvalue weighted by atomic mass is 10.1. The van der Waals surface area contributed by atoms with Crippen LogP contribution in [-0.2, 0) is 0 Å². The van der Waals surface area contributed by atoms with Crippen LogP contribution in [0.3, 0.4) is 0 Å². The molecule has 118 valence electrons. The molecule has 0 aliphatic heterocycles. The summed E-state index contributed by atoms with van der Waals surface area (Å²) in [6.07, 6.45) is 0.628. The number of phenolic OH excluding ortho intramolecular Hbond substituents is 1. The number of hydrogen-bond acceptors (Lipinski definition) is 4. The lowest BCUT2D eigenvalue weighted by Crippen LogP contribution is -2.11. The van der Waals surface area contributed by atoms with E-state index in [1.54, 1.807) is 0 Å². The van der Waals surface area contributed by atoms with E-state index < -0.39 is 0 Å². The molecule has 0 bridgehead atoms. The molecule has 0 radical (unpaired) electrons. The molecule has 0 amide bonds. The van der Waals surface area contributed by atoms with Gasteiger partial charge in [0.05, 0.1) is 12.0 Å². The average molecular weight is 331 g/mol. The molecule has 5 heteroatoms. The molecule has 0 unspecified atom stereocenters. The van der Waals surface area contributed by atoms with E-state index in [9.17, 15) is 9.90 Å². The summed E-state index contributed by atoms with van der Waals surface area (Å²) in [4.78, 5) is 12.7. The third kappa shape index (κ3) is 3.17. The fourth-order valence-electron chi connectivity index (χ4n) is 2.30. The molecule has 0 atom stereocenters. The van der Waals surface area contributed by atoms with Crippen molar-refractivity contribution in [1.82, 2.24) is 0 Å². The third-order valence-corrected chi connectivity index (χ3v) is 3.66. The molecule has 0 spiro atoms. The molecule has 1 heterocycles. The first-order chi connectivity index (χ1) is 11.2. The Morgan fingerprint density at radius 1 is 1.13 bits per heavy atom. The SMILES string of the molecule is O=c1c(OCCCCl)c(-c2ccccc2)oc2cc(O)ccc12. The quantitative estimate of drug-likeness (QED) is 0.563. The molecule has 23 heavy (non-hydrogen) atoms. The van der Waals surface area contributed by atoms with Crippen LogP contribution in [0.15, 0.2) is 57.7 Å². The van der Waals surface area contributed by atoms with E-state index in [4.69, 9.17) is 20.8 Å². The Bertz CT molecular complexity index is 871. The van der Waals surface area contributed by atoms with Crippen molar-refractivity contribution in [3.8, 4) is 22.8 Å². The topological polar surface area (TPSA) is 59.7 Å². The van der Waals surface area contributed by atoms with E-state index in [1.165, 1.54) is 18.2 Å². The van der Waals surface area contributed by atoms with E-state index >= 15 is 0 Å². The van der Waals surface area contributed by atoms with Crippen molar-refractivity contribution < 1.29 is 14.3 Å². The van der Waals surface area contributed by atoms with Crippen molar-refractivity contribution in [2.24, 2.45) is 0 Å². The molecular weight excluding hydrogens is 316 g/mol. The molecule has 3 aromatic rings. The maximum absolute atomic E-state index is 12.7.